The van der Waals surface area contributed by atoms with Crippen LogP contribution >= 0.6 is 11.8 Å². The number of carbonyl (C=O) groups excluding carboxylic acids is 1. The zero-order chi connectivity index (χ0) is 14.8. The third-order valence-electron chi connectivity index (χ3n) is 3.27. The molecule has 2 aromatic carbocycles. The van der Waals surface area contributed by atoms with Crippen molar-refractivity contribution in [3.8, 4) is 0 Å². The van der Waals surface area contributed by atoms with Crippen LogP contribution in [-0.2, 0) is 4.79 Å². The van der Waals surface area contributed by atoms with Gasteiger partial charge in [-0.05, 0) is 17.7 Å². The number of para-hydroxylation sites is 1. The maximum Gasteiger partial charge on any atom is 0.269 e. The number of amides is 1. The number of nitro benzene ring substituents is 1. The minimum Gasteiger partial charge on any atom is -0.295 e. The van der Waals surface area contributed by atoms with Gasteiger partial charge in [0, 0.05) is 17.8 Å². The van der Waals surface area contributed by atoms with Crippen molar-refractivity contribution in [3.05, 3.63) is 70.3 Å². The van der Waals surface area contributed by atoms with Crippen molar-refractivity contribution in [3.63, 3.8) is 0 Å². The van der Waals surface area contributed by atoms with Crippen molar-refractivity contribution in [2.45, 2.75) is 5.37 Å². The minimum atomic E-state index is -0.419. The highest BCUT2D eigenvalue weighted by Crippen LogP contribution is 2.42. The van der Waals surface area contributed by atoms with E-state index in [1.807, 2.05) is 36.4 Å². The summed E-state index contributed by atoms with van der Waals surface area (Å²) in [5, 5.41) is 10.7. The molecular weight excluding hydrogens is 288 g/mol. The summed E-state index contributed by atoms with van der Waals surface area (Å²) < 4.78 is 0. The van der Waals surface area contributed by atoms with E-state index in [0.717, 1.165) is 11.3 Å². The summed E-state index contributed by atoms with van der Waals surface area (Å²) in [6.45, 7) is 0. The first-order valence-corrected chi connectivity index (χ1v) is 7.45. The molecule has 21 heavy (non-hydrogen) atoms. The highest BCUT2D eigenvalue weighted by atomic mass is 32.2. The Kier molecular flexibility index (Phi) is 3.62. The van der Waals surface area contributed by atoms with Crippen LogP contribution < -0.4 is 4.90 Å². The summed E-state index contributed by atoms with van der Waals surface area (Å²) in [5.74, 6) is 0.394. The summed E-state index contributed by atoms with van der Waals surface area (Å²) in [4.78, 5) is 24.3. The van der Waals surface area contributed by atoms with Crippen molar-refractivity contribution in [1.82, 2.24) is 0 Å². The van der Waals surface area contributed by atoms with Crippen molar-refractivity contribution in [2.75, 3.05) is 10.7 Å². The summed E-state index contributed by atoms with van der Waals surface area (Å²) in [5.41, 5.74) is 1.62. The molecule has 1 aliphatic rings. The zero-order valence-electron chi connectivity index (χ0n) is 11.0. The monoisotopic (exact) mass is 300 g/mol. The Balaban J connectivity index is 1.99. The Hall–Kier alpha value is -2.34. The normalized spacial score (nSPS) is 18.0. The molecule has 1 aliphatic heterocycles. The third kappa shape index (κ3) is 2.62. The lowest BCUT2D eigenvalue weighted by atomic mass is 10.1. The molecule has 1 atom stereocenters. The van der Waals surface area contributed by atoms with E-state index in [-0.39, 0.29) is 17.0 Å². The molecule has 6 heteroatoms. The van der Waals surface area contributed by atoms with Crippen LogP contribution in [0, 0.1) is 10.1 Å². The first-order chi connectivity index (χ1) is 10.2. The van der Waals surface area contributed by atoms with E-state index in [2.05, 4.69) is 0 Å². The molecule has 1 amide bonds. The van der Waals surface area contributed by atoms with Crippen molar-refractivity contribution >= 4 is 29.0 Å². The van der Waals surface area contributed by atoms with E-state index in [4.69, 9.17) is 0 Å². The van der Waals surface area contributed by atoms with Gasteiger partial charge in [-0.2, -0.15) is 0 Å². The Morgan fingerprint density at radius 1 is 1.14 bits per heavy atom. The Labute approximate surface area is 125 Å². The van der Waals surface area contributed by atoms with Crippen LogP contribution in [-0.4, -0.2) is 16.6 Å². The van der Waals surface area contributed by atoms with E-state index in [1.54, 1.807) is 11.0 Å². The molecule has 0 saturated carbocycles. The molecule has 0 aliphatic carbocycles. The summed E-state index contributed by atoms with van der Waals surface area (Å²) in [7, 11) is 0. The fourth-order valence-corrected chi connectivity index (χ4v) is 3.50. The van der Waals surface area contributed by atoms with Gasteiger partial charge in [0.1, 0.15) is 5.37 Å². The van der Waals surface area contributed by atoms with Gasteiger partial charge in [-0.15, -0.1) is 11.8 Å². The Morgan fingerprint density at radius 2 is 1.90 bits per heavy atom. The van der Waals surface area contributed by atoms with Crippen LogP contribution in [0.1, 0.15) is 10.9 Å². The molecule has 2 aromatic rings. The van der Waals surface area contributed by atoms with Crippen LogP contribution in [0.2, 0.25) is 0 Å². The number of thioether (sulfide) groups is 1. The van der Waals surface area contributed by atoms with E-state index >= 15 is 0 Å². The highest BCUT2D eigenvalue weighted by molar-refractivity contribution is 8.00. The number of rotatable bonds is 3. The number of carbonyl (C=O) groups is 1. The Bertz CT molecular complexity index is 690. The van der Waals surface area contributed by atoms with Crippen LogP contribution in [0.25, 0.3) is 0 Å². The SMILES string of the molecule is O=C1CSC(c2cccc([N+](=O)[O-])c2)N1c1ccccc1. The van der Waals surface area contributed by atoms with Gasteiger partial charge in [0.2, 0.25) is 5.91 Å². The molecule has 0 spiro atoms. The number of hydrogen-bond donors (Lipinski definition) is 0. The number of hydrogen-bond acceptors (Lipinski definition) is 4. The van der Waals surface area contributed by atoms with Crippen molar-refractivity contribution in [2.24, 2.45) is 0 Å². The average Bonchev–Trinajstić information content (AvgIpc) is 2.90. The van der Waals surface area contributed by atoms with E-state index < -0.39 is 4.92 Å². The molecule has 0 N–H and O–H groups in total. The fraction of sp³-hybridized carbons (Fsp3) is 0.133. The van der Waals surface area contributed by atoms with Gasteiger partial charge in [0.15, 0.2) is 0 Å². The second kappa shape index (κ2) is 5.57. The highest BCUT2D eigenvalue weighted by Gasteiger charge is 2.34. The van der Waals surface area contributed by atoms with Gasteiger partial charge in [0.05, 0.1) is 10.7 Å². The first kappa shape index (κ1) is 13.6. The molecule has 0 bridgehead atoms. The average molecular weight is 300 g/mol. The van der Waals surface area contributed by atoms with Crippen LogP contribution in [0.3, 0.4) is 0 Å². The predicted octanol–water partition coefficient (Wildman–Crippen LogP) is 3.37. The van der Waals surface area contributed by atoms with Gasteiger partial charge in [-0.25, -0.2) is 0 Å². The van der Waals surface area contributed by atoms with E-state index in [9.17, 15) is 14.9 Å². The Morgan fingerprint density at radius 3 is 2.62 bits per heavy atom. The minimum absolute atomic E-state index is 0.0164. The molecule has 0 radical (unpaired) electrons. The lowest BCUT2D eigenvalue weighted by Gasteiger charge is -2.24. The third-order valence-corrected chi connectivity index (χ3v) is 4.48. The van der Waals surface area contributed by atoms with Gasteiger partial charge >= 0.3 is 0 Å². The molecule has 1 heterocycles. The van der Waals surface area contributed by atoms with Crippen LogP contribution in [0.5, 0.6) is 0 Å². The number of nitro groups is 1. The van der Waals surface area contributed by atoms with E-state index in [0.29, 0.717) is 5.75 Å². The maximum atomic E-state index is 12.1. The lowest BCUT2D eigenvalue weighted by molar-refractivity contribution is -0.384. The molecule has 5 nitrogen and oxygen atoms in total. The van der Waals surface area contributed by atoms with Gasteiger partial charge < -0.3 is 0 Å². The number of anilines is 1. The maximum absolute atomic E-state index is 12.1. The standard InChI is InChI=1S/C15H12N2O3S/c18-14-10-21-15(16(14)12-6-2-1-3-7-12)11-5-4-8-13(9-11)17(19)20/h1-9,15H,10H2. The predicted molar refractivity (Wildman–Crippen MR) is 82.2 cm³/mol. The number of benzene rings is 2. The van der Waals surface area contributed by atoms with Gasteiger partial charge in [-0.3, -0.25) is 19.8 Å². The van der Waals surface area contributed by atoms with Crippen molar-refractivity contribution < 1.29 is 9.72 Å². The largest absolute Gasteiger partial charge is 0.295 e. The number of non-ortho nitro benzene ring substituents is 1. The van der Waals surface area contributed by atoms with Gasteiger partial charge in [0.25, 0.3) is 5.69 Å². The molecule has 3 rings (SSSR count). The second-order valence-electron chi connectivity index (χ2n) is 4.61. The van der Waals surface area contributed by atoms with Crippen LogP contribution in [0.15, 0.2) is 54.6 Å². The molecular formula is C15H12N2O3S. The zero-order valence-corrected chi connectivity index (χ0v) is 11.8. The first-order valence-electron chi connectivity index (χ1n) is 6.40. The number of nitrogens with zero attached hydrogens (tertiary/aromatic N) is 2. The van der Waals surface area contributed by atoms with E-state index in [1.165, 1.54) is 23.9 Å². The van der Waals surface area contributed by atoms with Crippen molar-refractivity contribution in [1.29, 1.82) is 0 Å². The second-order valence-corrected chi connectivity index (χ2v) is 5.68. The molecule has 1 saturated heterocycles. The fourth-order valence-electron chi connectivity index (χ4n) is 2.33. The van der Waals surface area contributed by atoms with Crippen LogP contribution in [0.4, 0.5) is 11.4 Å². The lowest BCUT2D eigenvalue weighted by Crippen LogP contribution is -2.27. The van der Waals surface area contributed by atoms with Gasteiger partial charge in [-0.1, -0.05) is 30.3 Å². The molecule has 1 fully saturated rings. The summed E-state index contributed by atoms with van der Waals surface area (Å²) in [6, 6.07) is 15.8. The quantitative estimate of drug-likeness (QED) is 0.644. The topological polar surface area (TPSA) is 63.4 Å². The summed E-state index contributed by atoms with van der Waals surface area (Å²) >= 11 is 1.48. The molecule has 106 valence electrons. The summed E-state index contributed by atoms with van der Waals surface area (Å²) in [6.07, 6.45) is 0. The molecule has 1 unspecified atom stereocenters. The molecule has 0 aromatic heterocycles. The smallest absolute Gasteiger partial charge is 0.269 e.